The van der Waals surface area contributed by atoms with Crippen molar-refractivity contribution in [1.82, 2.24) is 9.80 Å². The number of halogens is 4. The number of amides is 6. The average molecular weight is 1190 g/mol. The van der Waals surface area contributed by atoms with Crippen LogP contribution in [0.3, 0.4) is 0 Å². The first-order chi connectivity index (χ1) is 36.5. The Morgan fingerprint density at radius 3 is 1.29 bits per heavy atom. The van der Waals surface area contributed by atoms with Gasteiger partial charge in [0, 0.05) is 75.1 Å². The number of primary amides is 2. The van der Waals surface area contributed by atoms with E-state index in [1.54, 1.807) is 58.3 Å². The van der Waals surface area contributed by atoms with E-state index in [4.69, 9.17) is 72.1 Å². The van der Waals surface area contributed by atoms with E-state index in [1.807, 2.05) is 41.5 Å². The molecule has 6 N–H and O–H groups in total. The molecule has 78 heavy (non-hydrogen) atoms. The van der Waals surface area contributed by atoms with Gasteiger partial charge in [-0.3, -0.25) is 43.2 Å². The van der Waals surface area contributed by atoms with E-state index >= 15 is 0 Å². The zero-order valence-electron chi connectivity index (χ0n) is 44.5. The molecule has 0 aliphatic carbocycles. The summed E-state index contributed by atoms with van der Waals surface area (Å²) in [5.74, 6) is -4.60. The molecule has 1 atom stereocenters. The van der Waals surface area contributed by atoms with Crippen LogP contribution in [0, 0.1) is 0 Å². The van der Waals surface area contributed by atoms with Gasteiger partial charge in [0.2, 0.25) is 11.8 Å². The Morgan fingerprint density at radius 1 is 0.603 bits per heavy atom. The van der Waals surface area contributed by atoms with Crippen molar-refractivity contribution in [3.63, 3.8) is 0 Å². The maximum absolute atomic E-state index is 13.1. The van der Waals surface area contributed by atoms with Crippen LogP contribution in [0.15, 0.2) is 60.7 Å². The van der Waals surface area contributed by atoms with Crippen molar-refractivity contribution in [2.24, 2.45) is 11.5 Å². The predicted molar refractivity (Wildman–Crippen MR) is 306 cm³/mol. The number of ether oxygens (including phenoxy) is 3. The van der Waals surface area contributed by atoms with Gasteiger partial charge in [-0.25, -0.2) is 0 Å². The van der Waals surface area contributed by atoms with Crippen molar-refractivity contribution in [2.75, 3.05) is 17.2 Å². The smallest absolute Gasteiger partial charge is 0.308 e. The first-order valence-electron chi connectivity index (χ1n) is 23.9. The van der Waals surface area contributed by atoms with E-state index in [1.165, 1.54) is 46.8 Å². The van der Waals surface area contributed by atoms with Gasteiger partial charge in [0.25, 0.3) is 23.6 Å². The molecule has 0 radical (unpaired) electrons. The number of hydrogen-bond acceptors (Lipinski definition) is 14. The second-order valence-corrected chi connectivity index (χ2v) is 21.5. The van der Waals surface area contributed by atoms with Gasteiger partial charge in [-0.2, -0.15) is 0 Å². The number of thiophene rings is 2. The number of benzene rings is 4. The normalized spacial score (nSPS) is 11.2. The molecular weight excluding hydrogens is 1130 g/mol. The largest absolute Gasteiger partial charge is 0.464 e. The van der Waals surface area contributed by atoms with Crippen molar-refractivity contribution < 1.29 is 57.4 Å². The Bertz CT molecular complexity index is 3300. The third-order valence-corrected chi connectivity index (χ3v) is 15.0. The number of nitrogens with one attached hydrogen (secondary N) is 2. The van der Waals surface area contributed by atoms with Gasteiger partial charge in [-0.05, 0) is 74.7 Å². The molecule has 1 unspecified atom stereocenters. The summed E-state index contributed by atoms with van der Waals surface area (Å²) < 4.78 is 16.0. The summed E-state index contributed by atoms with van der Waals surface area (Å²) in [5.41, 5.74) is 13.1. The van der Waals surface area contributed by atoms with E-state index in [2.05, 4.69) is 10.6 Å². The van der Waals surface area contributed by atoms with Crippen molar-refractivity contribution in [3.8, 4) is 11.5 Å². The highest BCUT2D eigenvalue weighted by molar-refractivity contribution is 7.24. The topological polar surface area (TPSA) is 264 Å². The number of esters is 3. The molecule has 24 heteroatoms. The minimum atomic E-state index is -0.812. The number of anilines is 2. The van der Waals surface area contributed by atoms with Gasteiger partial charge in [0.15, 0.2) is 11.5 Å². The number of carbonyl (C=O) groups excluding carboxylic acids is 9. The van der Waals surface area contributed by atoms with Gasteiger partial charge in [-0.1, -0.05) is 91.4 Å². The minimum Gasteiger partial charge on any atom is -0.464 e. The van der Waals surface area contributed by atoms with Crippen LogP contribution in [-0.2, 0) is 41.8 Å². The fraction of sp³-hybridized carbons (Fsp3) is 0.315. The maximum atomic E-state index is 13.1. The van der Waals surface area contributed by atoms with Gasteiger partial charge in [0.1, 0.15) is 26.7 Å². The highest BCUT2D eigenvalue weighted by Crippen LogP contribution is 2.48. The van der Waals surface area contributed by atoms with E-state index in [0.717, 1.165) is 33.8 Å². The van der Waals surface area contributed by atoms with E-state index in [0.29, 0.717) is 38.7 Å². The Balaban J connectivity index is 0.000000328. The van der Waals surface area contributed by atoms with Crippen LogP contribution in [0.5, 0.6) is 11.5 Å². The molecule has 18 nitrogen and oxygen atoms in total. The number of nitrogens with zero attached hydrogens (tertiary/aromatic N) is 2. The van der Waals surface area contributed by atoms with Gasteiger partial charge < -0.3 is 46.1 Å². The molecule has 0 aliphatic heterocycles. The molecule has 6 rings (SSSR count). The van der Waals surface area contributed by atoms with Crippen LogP contribution < -0.4 is 31.6 Å². The summed E-state index contributed by atoms with van der Waals surface area (Å²) >= 11 is 27.3. The SMILES string of the molecule is CC.CC(=O)Oc1c(Cl)cc2c(C(N)=O)c(NC(=O)c3ccc(CN(C(C)=O)C(C)(C)C)cc3)sc2c1Cl.CCC(COC(C)=O)N(Cc1ccc(C(=O)Nc2sc3c(Cl)c(OC(C)=O)c(Cl)cc3c2C(N)=O)cc1)C(C)=O. The Morgan fingerprint density at radius 2 is 0.987 bits per heavy atom. The van der Waals surface area contributed by atoms with Crippen LogP contribution in [0.1, 0.15) is 135 Å². The fourth-order valence-electron chi connectivity index (χ4n) is 7.64. The molecule has 0 bridgehead atoms. The van der Waals surface area contributed by atoms with Gasteiger partial charge >= 0.3 is 17.9 Å². The summed E-state index contributed by atoms with van der Waals surface area (Å²) in [5, 5.41) is 6.42. The summed E-state index contributed by atoms with van der Waals surface area (Å²) in [4.78, 5) is 112. The highest BCUT2D eigenvalue weighted by Gasteiger charge is 2.28. The zero-order valence-corrected chi connectivity index (χ0v) is 49.1. The molecule has 2 heterocycles. The second-order valence-electron chi connectivity index (χ2n) is 17.9. The molecule has 0 fully saturated rings. The number of hydrogen-bond donors (Lipinski definition) is 4. The molecule has 0 saturated carbocycles. The number of carbonyl (C=O) groups is 9. The first kappa shape index (κ1) is 63.7. The predicted octanol–water partition coefficient (Wildman–Crippen LogP) is 11.8. The number of rotatable bonds is 16. The lowest BCUT2D eigenvalue weighted by Crippen LogP contribution is -2.43. The lowest BCUT2D eigenvalue weighted by molar-refractivity contribution is -0.146. The number of nitrogens with two attached hydrogens (primary N) is 2. The summed E-state index contributed by atoms with van der Waals surface area (Å²) in [6.07, 6.45) is 0.586. The summed E-state index contributed by atoms with van der Waals surface area (Å²) in [7, 11) is 0. The molecule has 0 saturated heterocycles. The monoisotopic (exact) mass is 1190 g/mol. The van der Waals surface area contributed by atoms with Crippen LogP contribution in [-0.4, -0.2) is 81.3 Å². The highest BCUT2D eigenvalue weighted by atomic mass is 35.5. The van der Waals surface area contributed by atoms with Crippen molar-refractivity contribution in [2.45, 2.75) is 107 Å². The molecule has 4 aromatic carbocycles. The van der Waals surface area contributed by atoms with Crippen LogP contribution in [0.25, 0.3) is 20.2 Å². The molecule has 416 valence electrons. The first-order valence-corrected chi connectivity index (χ1v) is 27.0. The van der Waals surface area contributed by atoms with E-state index < -0.39 is 41.5 Å². The fourth-order valence-corrected chi connectivity index (χ4v) is 11.2. The summed E-state index contributed by atoms with van der Waals surface area (Å²) in [6, 6.07) is 15.9. The minimum absolute atomic E-state index is 0.000705. The van der Waals surface area contributed by atoms with Gasteiger partial charge in [-0.15, -0.1) is 22.7 Å². The number of fused-ring (bicyclic) bond motifs is 2. The van der Waals surface area contributed by atoms with Crippen molar-refractivity contribution >= 4 is 153 Å². The lowest BCUT2D eigenvalue weighted by atomic mass is 10.0. The van der Waals surface area contributed by atoms with Crippen molar-refractivity contribution in [1.29, 1.82) is 0 Å². The quantitative estimate of drug-likeness (QED) is 0.0521. The second kappa shape index (κ2) is 27.7. The molecule has 0 spiro atoms. The Kier molecular flexibility index (Phi) is 22.6. The van der Waals surface area contributed by atoms with E-state index in [-0.39, 0.29) is 94.8 Å². The molecule has 2 aromatic heterocycles. The van der Waals surface area contributed by atoms with Crippen LogP contribution >= 0.6 is 69.1 Å². The third-order valence-electron chi connectivity index (χ3n) is 11.2. The van der Waals surface area contributed by atoms with Crippen LogP contribution in [0.2, 0.25) is 20.1 Å². The maximum Gasteiger partial charge on any atom is 0.308 e. The molecule has 0 aliphatic rings. The Labute approximate surface area is 478 Å². The third kappa shape index (κ3) is 15.9. The zero-order chi connectivity index (χ0) is 58.7. The molecule has 6 amide bonds. The molecular formula is C54H58Cl4N6O12S2. The Hall–Kier alpha value is -6.81. The summed E-state index contributed by atoms with van der Waals surface area (Å²) in [6.45, 7) is 19.1. The average Bonchev–Trinajstić information content (AvgIpc) is 3.91. The molecule has 6 aromatic rings. The standard InChI is InChI=1S/C27H27Cl2N3O7S.C25H25Cl2N3O5S.C2H6/c1-5-18(12-38-14(3)34)32(13(2)33)11-16-6-8-17(9-7-16)26(37)31-27-21(25(30)36)19-10-20(28)23(39-15(4)35)22(29)24(19)40-27;1-12(31)30(25(3,4)5)11-14-6-8-15(9-7-14)23(34)29-24-18(22(28)33)16-10-17(26)20(35-13(2)32)19(27)21(16)36-24;1-2/h6-10,18H,5,11-12H2,1-4H3,(H2,30,36)(H,31,37);6-10H,11H2,1-5H3,(H2,28,33)(H,29,34);1-2H3. The van der Waals surface area contributed by atoms with Crippen LogP contribution in [0.4, 0.5) is 10.0 Å². The van der Waals surface area contributed by atoms with Gasteiger partial charge in [0.05, 0.1) is 36.6 Å². The van der Waals surface area contributed by atoms with E-state index in [9.17, 15) is 43.2 Å². The van der Waals surface area contributed by atoms with Crippen molar-refractivity contribution in [3.05, 3.63) is 114 Å². The lowest BCUT2D eigenvalue weighted by Gasteiger charge is -2.35.